The van der Waals surface area contributed by atoms with Crippen molar-refractivity contribution >= 4 is 11.9 Å². The van der Waals surface area contributed by atoms with Gasteiger partial charge in [0.05, 0.1) is 0 Å². The van der Waals surface area contributed by atoms with Crippen molar-refractivity contribution < 1.29 is 23.5 Å². The summed E-state index contributed by atoms with van der Waals surface area (Å²) >= 11 is 0. The fraction of sp³-hybridized carbons (Fsp3) is 0.429. The van der Waals surface area contributed by atoms with Crippen LogP contribution in [0.1, 0.15) is 6.92 Å². The molecule has 5 heteroatoms. The Labute approximate surface area is 67.9 Å². The van der Waals surface area contributed by atoms with Crippen LogP contribution in [0.5, 0.6) is 0 Å². The highest BCUT2D eigenvalue weighted by molar-refractivity contribution is 5.80. The molecule has 0 radical (unpaired) electrons. The normalized spacial score (nSPS) is 21.7. The molecular formula is C7H7FO4. The van der Waals surface area contributed by atoms with Crippen molar-refractivity contribution in [3.63, 3.8) is 0 Å². The lowest BCUT2D eigenvalue weighted by Crippen LogP contribution is -2.16. The number of alkyl halides is 1. The van der Waals surface area contributed by atoms with Crippen LogP contribution < -0.4 is 0 Å². The fourth-order valence-corrected chi connectivity index (χ4v) is 0.797. The van der Waals surface area contributed by atoms with Gasteiger partial charge in [-0.05, 0) is 0 Å². The van der Waals surface area contributed by atoms with Crippen LogP contribution in [0, 0.1) is 5.92 Å². The zero-order valence-corrected chi connectivity index (χ0v) is 6.37. The first kappa shape index (κ1) is 8.70. The van der Waals surface area contributed by atoms with Crippen molar-refractivity contribution in [1.29, 1.82) is 0 Å². The smallest absolute Gasteiger partial charge is 0.324 e. The molecule has 0 aromatic rings. The number of carbonyl (C=O) groups excluding carboxylic acids is 2. The van der Waals surface area contributed by atoms with E-state index in [4.69, 9.17) is 0 Å². The number of rotatable bonds is 2. The molecule has 12 heavy (non-hydrogen) atoms. The summed E-state index contributed by atoms with van der Waals surface area (Å²) in [5, 5.41) is 0. The van der Waals surface area contributed by atoms with Gasteiger partial charge in [-0.15, -0.1) is 0 Å². The molecule has 1 aliphatic heterocycles. The highest BCUT2D eigenvalue weighted by Gasteiger charge is 2.32. The molecule has 4 nitrogen and oxygen atoms in total. The number of esters is 2. The summed E-state index contributed by atoms with van der Waals surface area (Å²) in [6.45, 7) is 0.247. The van der Waals surface area contributed by atoms with Crippen molar-refractivity contribution in [1.82, 2.24) is 0 Å². The number of ether oxygens (including phenoxy) is 2. The summed E-state index contributed by atoms with van der Waals surface area (Å²) < 4.78 is 21.0. The molecule has 0 saturated carbocycles. The highest BCUT2D eigenvalue weighted by atomic mass is 19.1. The second kappa shape index (κ2) is 3.34. The summed E-state index contributed by atoms with van der Waals surface area (Å²) in [4.78, 5) is 21.1. The van der Waals surface area contributed by atoms with Crippen LogP contribution in [0.3, 0.4) is 0 Å². The van der Waals surface area contributed by atoms with Crippen LogP contribution in [-0.4, -0.2) is 18.6 Å². The number of halogens is 1. The predicted molar refractivity (Wildman–Crippen MR) is 35.4 cm³/mol. The van der Waals surface area contributed by atoms with Gasteiger partial charge < -0.3 is 9.47 Å². The molecular weight excluding hydrogens is 167 g/mol. The van der Waals surface area contributed by atoms with Gasteiger partial charge in [0.25, 0.3) is 0 Å². The molecule has 0 amide bonds. The van der Waals surface area contributed by atoms with E-state index in [9.17, 15) is 14.0 Å². The van der Waals surface area contributed by atoms with Crippen molar-refractivity contribution in [3.8, 4) is 0 Å². The van der Waals surface area contributed by atoms with E-state index in [2.05, 4.69) is 9.47 Å². The minimum atomic E-state index is -1.08. The van der Waals surface area contributed by atoms with Crippen molar-refractivity contribution in [2.24, 2.45) is 5.92 Å². The Morgan fingerprint density at radius 1 is 1.83 bits per heavy atom. The second-order valence-electron chi connectivity index (χ2n) is 2.26. The van der Waals surface area contributed by atoms with Crippen molar-refractivity contribution in [3.05, 3.63) is 12.0 Å². The molecule has 1 unspecified atom stereocenters. The van der Waals surface area contributed by atoms with Crippen LogP contribution in [0.25, 0.3) is 0 Å². The molecule has 0 bridgehead atoms. The third-order valence-electron chi connectivity index (χ3n) is 1.34. The van der Waals surface area contributed by atoms with E-state index in [1.165, 1.54) is 6.92 Å². The number of hydrogen-bond donors (Lipinski definition) is 0. The van der Waals surface area contributed by atoms with E-state index in [1.807, 2.05) is 0 Å². The van der Waals surface area contributed by atoms with Crippen LogP contribution in [0.15, 0.2) is 12.0 Å². The summed E-state index contributed by atoms with van der Waals surface area (Å²) in [5.74, 6) is -2.46. The molecule has 1 heterocycles. The van der Waals surface area contributed by atoms with Gasteiger partial charge in [-0.2, -0.15) is 0 Å². The summed E-state index contributed by atoms with van der Waals surface area (Å²) in [6.07, 6.45) is 0.952. The maximum Gasteiger partial charge on any atom is 0.324 e. The third kappa shape index (κ3) is 1.61. The monoisotopic (exact) mass is 174 g/mol. The number of hydrogen-bond acceptors (Lipinski definition) is 4. The van der Waals surface area contributed by atoms with Gasteiger partial charge in [-0.3, -0.25) is 9.59 Å². The van der Waals surface area contributed by atoms with Crippen LogP contribution >= 0.6 is 0 Å². The molecule has 0 saturated heterocycles. The second-order valence-corrected chi connectivity index (χ2v) is 2.26. The predicted octanol–water partition coefficient (Wildman–Crippen LogP) is 0.533. The van der Waals surface area contributed by atoms with Crippen molar-refractivity contribution in [2.75, 3.05) is 6.67 Å². The lowest BCUT2D eigenvalue weighted by atomic mass is 10.1. The lowest BCUT2D eigenvalue weighted by Gasteiger charge is -2.04. The summed E-state index contributed by atoms with van der Waals surface area (Å²) in [5.41, 5.74) is 0. The quantitative estimate of drug-likeness (QED) is 0.573. The molecule has 1 atom stereocenters. The Kier molecular flexibility index (Phi) is 2.42. The average molecular weight is 174 g/mol. The first-order valence-electron chi connectivity index (χ1n) is 3.30. The van der Waals surface area contributed by atoms with E-state index >= 15 is 0 Å². The van der Waals surface area contributed by atoms with E-state index < -0.39 is 24.5 Å². The van der Waals surface area contributed by atoms with E-state index in [1.54, 1.807) is 0 Å². The molecule has 0 aromatic carbocycles. The van der Waals surface area contributed by atoms with Gasteiger partial charge >= 0.3 is 11.9 Å². The Balaban J connectivity index is 2.65. The Morgan fingerprint density at radius 2 is 2.50 bits per heavy atom. The zero-order chi connectivity index (χ0) is 9.14. The van der Waals surface area contributed by atoms with Crippen LogP contribution in [0.4, 0.5) is 4.39 Å². The molecule has 0 aromatic heterocycles. The van der Waals surface area contributed by atoms with E-state index in [0.29, 0.717) is 0 Å². The summed E-state index contributed by atoms with van der Waals surface area (Å²) in [6, 6.07) is 0. The Bertz CT molecular complexity index is 246. The first-order valence-corrected chi connectivity index (χ1v) is 3.30. The topological polar surface area (TPSA) is 52.6 Å². The van der Waals surface area contributed by atoms with Gasteiger partial charge in [0, 0.05) is 6.92 Å². The summed E-state index contributed by atoms with van der Waals surface area (Å²) in [7, 11) is 0. The average Bonchev–Trinajstić information content (AvgIpc) is 2.30. The standard InChI is InChI=1S/C7H7FO4/c1-4(9)12-6-3-11-7(10)5(6)2-8/h3,5H,2H2,1H3. The third-order valence-corrected chi connectivity index (χ3v) is 1.34. The minimum Gasteiger partial charge on any atom is -0.430 e. The SMILES string of the molecule is CC(=O)OC1=COC(=O)C1CF. The molecule has 1 aliphatic rings. The van der Waals surface area contributed by atoms with Crippen LogP contribution in [0.2, 0.25) is 0 Å². The largest absolute Gasteiger partial charge is 0.430 e. The van der Waals surface area contributed by atoms with E-state index in [-0.39, 0.29) is 5.76 Å². The maximum absolute atomic E-state index is 12.1. The first-order chi connectivity index (χ1) is 5.65. The fourth-order valence-electron chi connectivity index (χ4n) is 0.797. The molecule has 0 fully saturated rings. The zero-order valence-electron chi connectivity index (χ0n) is 6.37. The van der Waals surface area contributed by atoms with Gasteiger partial charge in [0.15, 0.2) is 5.76 Å². The molecule has 0 N–H and O–H groups in total. The van der Waals surface area contributed by atoms with Gasteiger partial charge in [0.2, 0.25) is 0 Å². The molecule has 1 rings (SSSR count). The Hall–Kier alpha value is -1.39. The highest BCUT2D eigenvalue weighted by Crippen LogP contribution is 2.21. The van der Waals surface area contributed by atoms with E-state index in [0.717, 1.165) is 6.26 Å². The minimum absolute atomic E-state index is 0.0602. The molecule has 66 valence electrons. The molecule has 0 spiro atoms. The number of cyclic esters (lactones) is 1. The van der Waals surface area contributed by atoms with Crippen LogP contribution in [-0.2, 0) is 19.1 Å². The maximum atomic E-state index is 12.1. The van der Waals surface area contributed by atoms with Crippen molar-refractivity contribution in [2.45, 2.75) is 6.92 Å². The van der Waals surface area contributed by atoms with Gasteiger partial charge in [-0.1, -0.05) is 0 Å². The molecule has 0 aliphatic carbocycles. The van der Waals surface area contributed by atoms with Gasteiger partial charge in [-0.25, -0.2) is 4.39 Å². The Morgan fingerprint density at radius 3 is 3.00 bits per heavy atom. The van der Waals surface area contributed by atoms with Gasteiger partial charge in [0.1, 0.15) is 18.9 Å². The lowest BCUT2D eigenvalue weighted by molar-refractivity contribution is -0.141. The number of carbonyl (C=O) groups is 2.